The van der Waals surface area contributed by atoms with Crippen molar-refractivity contribution in [3.8, 4) is 5.75 Å². The number of benzene rings is 2. The Labute approximate surface area is 171 Å². The summed E-state index contributed by atoms with van der Waals surface area (Å²) in [5, 5.41) is 3.18. The number of hydrogen-bond acceptors (Lipinski definition) is 5. The average molecular weight is 390 g/mol. The fourth-order valence-electron chi connectivity index (χ4n) is 2.83. The van der Waals surface area contributed by atoms with Crippen LogP contribution in [-0.4, -0.2) is 33.4 Å². The zero-order chi connectivity index (χ0) is 20.6. The van der Waals surface area contributed by atoms with Gasteiger partial charge in [0, 0.05) is 18.8 Å². The quantitative estimate of drug-likeness (QED) is 0.605. The number of amides is 1. The number of carbonyl (C=O) groups excluding carboxylic acids is 1. The molecule has 0 unspecified atom stereocenters. The summed E-state index contributed by atoms with van der Waals surface area (Å²) in [7, 11) is 0. The van der Waals surface area contributed by atoms with Crippen LogP contribution in [0.2, 0.25) is 0 Å². The minimum atomic E-state index is -0.134. The largest absolute Gasteiger partial charge is 0.491 e. The summed E-state index contributed by atoms with van der Waals surface area (Å²) >= 11 is 0. The first-order valence-electron chi connectivity index (χ1n) is 9.74. The number of carbonyl (C=O) groups is 1. The predicted molar refractivity (Wildman–Crippen MR) is 114 cm³/mol. The number of nitrogens with zero attached hydrogens (tertiary/aromatic N) is 3. The highest BCUT2D eigenvalue weighted by Gasteiger charge is 2.16. The van der Waals surface area contributed by atoms with E-state index in [0.717, 1.165) is 17.0 Å². The molecule has 29 heavy (non-hydrogen) atoms. The summed E-state index contributed by atoms with van der Waals surface area (Å²) in [6, 6.07) is 17.5. The Balaban J connectivity index is 1.63. The van der Waals surface area contributed by atoms with Crippen LogP contribution >= 0.6 is 0 Å². The van der Waals surface area contributed by atoms with Gasteiger partial charge in [-0.25, -0.2) is 9.97 Å². The summed E-state index contributed by atoms with van der Waals surface area (Å²) in [5.41, 5.74) is 2.28. The van der Waals surface area contributed by atoms with Crippen LogP contribution in [0.5, 0.6) is 5.75 Å². The molecule has 0 aliphatic rings. The summed E-state index contributed by atoms with van der Waals surface area (Å²) < 4.78 is 5.64. The molecule has 1 aromatic heterocycles. The van der Waals surface area contributed by atoms with Gasteiger partial charge in [-0.15, -0.1) is 0 Å². The molecule has 1 amide bonds. The zero-order valence-corrected chi connectivity index (χ0v) is 17.0. The molecule has 0 spiro atoms. The van der Waals surface area contributed by atoms with E-state index in [9.17, 15) is 4.79 Å². The lowest BCUT2D eigenvalue weighted by atomic mass is 10.2. The Kier molecular flexibility index (Phi) is 6.79. The maximum absolute atomic E-state index is 12.8. The molecule has 0 atom stereocenters. The molecular weight excluding hydrogens is 364 g/mol. The van der Waals surface area contributed by atoms with Gasteiger partial charge in [0.2, 0.25) is 0 Å². The van der Waals surface area contributed by atoms with E-state index in [1.54, 1.807) is 11.1 Å². The van der Waals surface area contributed by atoms with Gasteiger partial charge >= 0.3 is 0 Å². The van der Waals surface area contributed by atoms with Crippen LogP contribution in [0.1, 0.15) is 36.8 Å². The lowest BCUT2D eigenvalue weighted by molar-refractivity contribution is 0.0746. The van der Waals surface area contributed by atoms with Crippen molar-refractivity contribution in [2.75, 3.05) is 11.9 Å². The highest BCUT2D eigenvalue weighted by molar-refractivity contribution is 5.92. The van der Waals surface area contributed by atoms with E-state index < -0.39 is 0 Å². The van der Waals surface area contributed by atoms with Crippen molar-refractivity contribution < 1.29 is 9.53 Å². The maximum atomic E-state index is 12.8. The van der Waals surface area contributed by atoms with E-state index in [2.05, 4.69) is 15.3 Å². The fourth-order valence-corrected chi connectivity index (χ4v) is 2.83. The number of nitrogens with one attached hydrogen (secondary N) is 1. The highest BCUT2D eigenvalue weighted by Crippen LogP contribution is 2.19. The van der Waals surface area contributed by atoms with Crippen LogP contribution < -0.4 is 10.1 Å². The van der Waals surface area contributed by atoms with Gasteiger partial charge < -0.3 is 15.0 Å². The third-order valence-electron chi connectivity index (χ3n) is 4.25. The van der Waals surface area contributed by atoms with Crippen molar-refractivity contribution in [3.63, 3.8) is 0 Å². The summed E-state index contributed by atoms with van der Waals surface area (Å²) in [5.74, 6) is 1.26. The van der Waals surface area contributed by atoms with Gasteiger partial charge in [0.1, 0.15) is 17.3 Å². The first kappa shape index (κ1) is 20.3. The standard InChI is InChI=1S/C23H26N4O2/c1-4-27(16-18-8-6-5-7-9-18)23(28)21-14-25-22(15-24-21)26-19-10-12-20(13-11-19)29-17(2)3/h5-15,17H,4,16H2,1-3H3,(H,25,26). The molecule has 150 valence electrons. The highest BCUT2D eigenvalue weighted by atomic mass is 16.5. The monoisotopic (exact) mass is 390 g/mol. The molecule has 0 aliphatic heterocycles. The van der Waals surface area contributed by atoms with Crippen LogP contribution in [0.15, 0.2) is 67.0 Å². The molecule has 0 radical (unpaired) electrons. The summed E-state index contributed by atoms with van der Waals surface area (Å²) in [6.45, 7) is 7.08. The molecular formula is C23H26N4O2. The van der Waals surface area contributed by atoms with Gasteiger partial charge in [-0.05, 0) is 50.6 Å². The molecule has 3 rings (SSSR count). The van der Waals surface area contributed by atoms with E-state index in [-0.39, 0.29) is 12.0 Å². The minimum absolute atomic E-state index is 0.134. The van der Waals surface area contributed by atoms with Crippen LogP contribution in [-0.2, 0) is 6.54 Å². The molecule has 0 bridgehead atoms. The number of hydrogen-bond donors (Lipinski definition) is 1. The Hall–Kier alpha value is -3.41. The number of anilines is 2. The number of rotatable bonds is 8. The Morgan fingerprint density at radius 2 is 1.76 bits per heavy atom. The third kappa shape index (κ3) is 5.78. The average Bonchev–Trinajstić information content (AvgIpc) is 2.74. The number of aromatic nitrogens is 2. The molecule has 6 heteroatoms. The molecule has 1 heterocycles. The van der Waals surface area contributed by atoms with E-state index in [1.165, 1.54) is 6.20 Å². The topological polar surface area (TPSA) is 67.4 Å². The maximum Gasteiger partial charge on any atom is 0.274 e. The van der Waals surface area contributed by atoms with Crippen molar-refractivity contribution in [1.29, 1.82) is 0 Å². The van der Waals surface area contributed by atoms with E-state index >= 15 is 0 Å². The first-order valence-corrected chi connectivity index (χ1v) is 9.74. The van der Waals surface area contributed by atoms with Gasteiger partial charge in [0.15, 0.2) is 0 Å². The van der Waals surface area contributed by atoms with Crippen LogP contribution in [0.4, 0.5) is 11.5 Å². The second kappa shape index (κ2) is 9.68. The van der Waals surface area contributed by atoms with Crippen LogP contribution in [0.3, 0.4) is 0 Å². The van der Waals surface area contributed by atoms with Gasteiger partial charge in [0.05, 0.1) is 18.5 Å². The molecule has 2 aromatic carbocycles. The molecule has 1 N–H and O–H groups in total. The van der Waals surface area contributed by atoms with Gasteiger partial charge in [-0.1, -0.05) is 30.3 Å². The fraction of sp³-hybridized carbons (Fsp3) is 0.261. The third-order valence-corrected chi connectivity index (χ3v) is 4.25. The minimum Gasteiger partial charge on any atom is -0.491 e. The smallest absolute Gasteiger partial charge is 0.274 e. The van der Waals surface area contributed by atoms with Crippen molar-refractivity contribution in [2.45, 2.75) is 33.4 Å². The lowest BCUT2D eigenvalue weighted by Gasteiger charge is -2.20. The van der Waals surface area contributed by atoms with Crippen LogP contribution in [0, 0.1) is 0 Å². The van der Waals surface area contributed by atoms with Gasteiger partial charge in [-0.3, -0.25) is 4.79 Å². The van der Waals surface area contributed by atoms with Crippen molar-refractivity contribution >= 4 is 17.4 Å². The molecule has 0 saturated carbocycles. The first-order chi connectivity index (χ1) is 14.0. The van der Waals surface area contributed by atoms with E-state index in [4.69, 9.17) is 4.74 Å². The van der Waals surface area contributed by atoms with Crippen molar-refractivity contribution in [2.24, 2.45) is 0 Å². The summed E-state index contributed by atoms with van der Waals surface area (Å²) in [6.07, 6.45) is 3.21. The molecule has 0 fully saturated rings. The molecule has 6 nitrogen and oxygen atoms in total. The second-order valence-corrected chi connectivity index (χ2v) is 6.91. The normalized spacial score (nSPS) is 10.6. The van der Waals surface area contributed by atoms with E-state index in [1.807, 2.05) is 75.4 Å². The molecule has 0 aliphatic carbocycles. The summed E-state index contributed by atoms with van der Waals surface area (Å²) in [4.78, 5) is 23.2. The van der Waals surface area contributed by atoms with Crippen molar-refractivity contribution in [1.82, 2.24) is 14.9 Å². The second-order valence-electron chi connectivity index (χ2n) is 6.91. The zero-order valence-electron chi connectivity index (χ0n) is 17.0. The van der Waals surface area contributed by atoms with Gasteiger partial charge in [0.25, 0.3) is 5.91 Å². The Morgan fingerprint density at radius 1 is 1.03 bits per heavy atom. The van der Waals surface area contributed by atoms with E-state index in [0.29, 0.717) is 24.6 Å². The Morgan fingerprint density at radius 3 is 2.34 bits per heavy atom. The lowest BCUT2D eigenvalue weighted by Crippen LogP contribution is -2.31. The molecule has 3 aromatic rings. The molecule has 0 saturated heterocycles. The SMILES string of the molecule is CCN(Cc1ccccc1)C(=O)c1cnc(Nc2ccc(OC(C)C)cc2)cn1. The van der Waals surface area contributed by atoms with Gasteiger partial charge in [-0.2, -0.15) is 0 Å². The predicted octanol–water partition coefficient (Wildman–Crippen LogP) is 4.67. The number of ether oxygens (including phenoxy) is 1. The Bertz CT molecular complexity index is 910. The van der Waals surface area contributed by atoms with Crippen LogP contribution in [0.25, 0.3) is 0 Å². The van der Waals surface area contributed by atoms with Crippen molar-refractivity contribution in [3.05, 3.63) is 78.2 Å².